The van der Waals surface area contributed by atoms with Crippen LogP contribution in [0, 0.1) is 11.3 Å². The molecular formula is C19H18N2O2. The van der Waals surface area contributed by atoms with Crippen molar-refractivity contribution in [1.82, 2.24) is 0 Å². The fourth-order valence-electron chi connectivity index (χ4n) is 1.99. The van der Waals surface area contributed by atoms with E-state index in [0.29, 0.717) is 11.3 Å². The fourth-order valence-corrected chi connectivity index (χ4v) is 1.99. The van der Waals surface area contributed by atoms with Crippen molar-refractivity contribution < 1.29 is 9.53 Å². The first-order chi connectivity index (χ1) is 11.1. The molecule has 0 fully saturated rings. The number of hydrogen-bond donors (Lipinski definition) is 1. The Labute approximate surface area is 136 Å². The van der Waals surface area contributed by atoms with Crippen LogP contribution in [0.1, 0.15) is 25.0 Å². The highest BCUT2D eigenvalue weighted by Gasteiger charge is 2.00. The van der Waals surface area contributed by atoms with Gasteiger partial charge in [-0.05, 0) is 55.8 Å². The number of hydrogen-bond acceptors (Lipinski definition) is 3. The molecule has 0 bridgehead atoms. The number of nitriles is 1. The van der Waals surface area contributed by atoms with E-state index in [-0.39, 0.29) is 12.0 Å². The van der Waals surface area contributed by atoms with Gasteiger partial charge in [0.2, 0.25) is 5.91 Å². The molecule has 2 aromatic carbocycles. The lowest BCUT2D eigenvalue weighted by Crippen LogP contribution is -2.07. The maximum absolute atomic E-state index is 11.9. The normalized spacial score (nSPS) is 10.5. The number of nitrogens with zero attached hydrogens (tertiary/aromatic N) is 1. The summed E-state index contributed by atoms with van der Waals surface area (Å²) in [4.78, 5) is 11.9. The third-order valence-corrected chi connectivity index (χ3v) is 2.92. The second-order valence-electron chi connectivity index (χ2n) is 5.25. The molecular weight excluding hydrogens is 288 g/mol. The number of carbonyl (C=O) groups is 1. The Morgan fingerprint density at radius 1 is 1.22 bits per heavy atom. The minimum absolute atomic E-state index is 0.102. The van der Waals surface area contributed by atoms with Crippen LogP contribution in [0.3, 0.4) is 0 Å². The maximum Gasteiger partial charge on any atom is 0.248 e. The SMILES string of the molecule is CC(C)Oc1cccc(/C=C/C(=O)Nc2cccc(C#N)c2)c1. The van der Waals surface area contributed by atoms with Crippen molar-refractivity contribution in [3.63, 3.8) is 0 Å². The Morgan fingerprint density at radius 2 is 2.00 bits per heavy atom. The molecule has 0 radical (unpaired) electrons. The first kappa shape index (κ1) is 16.3. The highest BCUT2D eigenvalue weighted by Crippen LogP contribution is 2.16. The van der Waals surface area contributed by atoms with Gasteiger partial charge in [0.25, 0.3) is 0 Å². The van der Waals surface area contributed by atoms with Crippen LogP contribution in [-0.4, -0.2) is 12.0 Å². The van der Waals surface area contributed by atoms with Crippen molar-refractivity contribution in [2.75, 3.05) is 5.32 Å². The molecule has 116 valence electrons. The number of rotatable bonds is 5. The van der Waals surface area contributed by atoms with Crippen LogP contribution < -0.4 is 10.1 Å². The molecule has 23 heavy (non-hydrogen) atoms. The highest BCUT2D eigenvalue weighted by molar-refractivity contribution is 6.02. The number of amides is 1. The van der Waals surface area contributed by atoms with Gasteiger partial charge < -0.3 is 10.1 Å². The lowest BCUT2D eigenvalue weighted by Gasteiger charge is -2.09. The van der Waals surface area contributed by atoms with Gasteiger partial charge in [-0.2, -0.15) is 5.26 Å². The summed E-state index contributed by atoms with van der Waals surface area (Å²) in [5.74, 6) is 0.513. The zero-order valence-corrected chi connectivity index (χ0v) is 13.1. The van der Waals surface area contributed by atoms with Gasteiger partial charge >= 0.3 is 0 Å². The molecule has 4 nitrogen and oxygen atoms in total. The standard InChI is InChI=1S/C19H18N2O2/c1-14(2)23-18-8-4-5-15(12-18)9-10-19(22)21-17-7-3-6-16(11-17)13-20/h3-12,14H,1-2H3,(H,21,22)/b10-9+. The van der Waals surface area contributed by atoms with E-state index < -0.39 is 0 Å². The molecule has 0 aliphatic rings. The fraction of sp³-hybridized carbons (Fsp3) is 0.158. The van der Waals surface area contributed by atoms with E-state index in [4.69, 9.17) is 10.00 Å². The lowest BCUT2D eigenvalue weighted by molar-refractivity contribution is -0.111. The molecule has 2 aromatic rings. The molecule has 0 saturated heterocycles. The van der Waals surface area contributed by atoms with Crippen LogP contribution in [0.4, 0.5) is 5.69 Å². The van der Waals surface area contributed by atoms with Gasteiger partial charge in [-0.1, -0.05) is 18.2 Å². The van der Waals surface area contributed by atoms with Crippen molar-refractivity contribution in [2.45, 2.75) is 20.0 Å². The molecule has 0 heterocycles. The van der Waals surface area contributed by atoms with Crippen LogP contribution in [-0.2, 0) is 4.79 Å². The van der Waals surface area contributed by atoms with E-state index in [9.17, 15) is 4.79 Å². The van der Waals surface area contributed by atoms with Gasteiger partial charge in [0.15, 0.2) is 0 Å². The minimum atomic E-state index is -0.254. The Hall–Kier alpha value is -3.06. The van der Waals surface area contributed by atoms with E-state index >= 15 is 0 Å². The van der Waals surface area contributed by atoms with Crippen LogP contribution in [0.2, 0.25) is 0 Å². The highest BCUT2D eigenvalue weighted by atomic mass is 16.5. The summed E-state index contributed by atoms with van der Waals surface area (Å²) in [7, 11) is 0. The average molecular weight is 306 g/mol. The van der Waals surface area contributed by atoms with E-state index in [0.717, 1.165) is 11.3 Å². The van der Waals surface area contributed by atoms with E-state index in [2.05, 4.69) is 5.32 Å². The second-order valence-corrected chi connectivity index (χ2v) is 5.25. The van der Waals surface area contributed by atoms with Crippen LogP contribution in [0.25, 0.3) is 6.08 Å². The second kappa shape index (κ2) is 7.81. The Kier molecular flexibility index (Phi) is 5.54. The summed E-state index contributed by atoms with van der Waals surface area (Å²) in [5.41, 5.74) is 1.98. The first-order valence-electron chi connectivity index (χ1n) is 7.33. The molecule has 4 heteroatoms. The third kappa shape index (κ3) is 5.33. The Morgan fingerprint density at radius 3 is 2.74 bits per heavy atom. The summed E-state index contributed by atoms with van der Waals surface area (Å²) in [6, 6.07) is 16.3. The number of ether oxygens (including phenoxy) is 1. The summed E-state index contributed by atoms with van der Waals surface area (Å²) < 4.78 is 5.62. The maximum atomic E-state index is 11.9. The van der Waals surface area contributed by atoms with E-state index in [1.54, 1.807) is 30.3 Å². The summed E-state index contributed by atoms with van der Waals surface area (Å²) in [6.45, 7) is 3.93. The number of benzene rings is 2. The van der Waals surface area contributed by atoms with Gasteiger partial charge in [0, 0.05) is 11.8 Å². The van der Waals surface area contributed by atoms with Crippen LogP contribution in [0.15, 0.2) is 54.6 Å². The topological polar surface area (TPSA) is 62.1 Å². The van der Waals surface area contributed by atoms with Crippen molar-refractivity contribution in [1.29, 1.82) is 5.26 Å². The monoisotopic (exact) mass is 306 g/mol. The molecule has 0 aromatic heterocycles. The molecule has 2 rings (SSSR count). The average Bonchev–Trinajstić information content (AvgIpc) is 2.53. The predicted octanol–water partition coefficient (Wildman–Crippen LogP) is 4.00. The van der Waals surface area contributed by atoms with Crippen LogP contribution in [0.5, 0.6) is 5.75 Å². The Balaban J connectivity index is 2.02. The van der Waals surface area contributed by atoms with E-state index in [1.807, 2.05) is 44.2 Å². The number of anilines is 1. The van der Waals surface area contributed by atoms with Crippen molar-refractivity contribution in [3.05, 3.63) is 65.7 Å². The molecule has 0 unspecified atom stereocenters. The summed E-state index contributed by atoms with van der Waals surface area (Å²) >= 11 is 0. The zero-order valence-electron chi connectivity index (χ0n) is 13.1. The lowest BCUT2D eigenvalue weighted by atomic mass is 10.2. The van der Waals surface area contributed by atoms with Gasteiger partial charge in [0.1, 0.15) is 5.75 Å². The Bertz CT molecular complexity index is 758. The zero-order chi connectivity index (χ0) is 16.7. The van der Waals surface area contributed by atoms with E-state index in [1.165, 1.54) is 6.08 Å². The van der Waals surface area contributed by atoms with Crippen molar-refractivity contribution in [2.24, 2.45) is 0 Å². The largest absolute Gasteiger partial charge is 0.491 e. The van der Waals surface area contributed by atoms with Crippen LogP contribution >= 0.6 is 0 Å². The predicted molar refractivity (Wildman–Crippen MR) is 91.0 cm³/mol. The minimum Gasteiger partial charge on any atom is -0.491 e. The molecule has 0 aliphatic carbocycles. The smallest absolute Gasteiger partial charge is 0.248 e. The van der Waals surface area contributed by atoms with Gasteiger partial charge in [0.05, 0.1) is 17.7 Å². The number of nitrogens with one attached hydrogen (secondary N) is 1. The summed E-state index contributed by atoms with van der Waals surface area (Å²) in [5, 5.41) is 11.6. The van der Waals surface area contributed by atoms with Gasteiger partial charge in [-0.25, -0.2) is 0 Å². The third-order valence-electron chi connectivity index (χ3n) is 2.92. The summed E-state index contributed by atoms with van der Waals surface area (Å²) in [6.07, 6.45) is 3.27. The van der Waals surface area contributed by atoms with Crippen molar-refractivity contribution >= 4 is 17.7 Å². The molecule has 0 saturated carbocycles. The molecule has 0 aliphatic heterocycles. The molecule has 1 N–H and O–H groups in total. The molecule has 1 amide bonds. The van der Waals surface area contributed by atoms with Gasteiger partial charge in [-0.3, -0.25) is 4.79 Å². The van der Waals surface area contributed by atoms with Gasteiger partial charge in [-0.15, -0.1) is 0 Å². The number of carbonyl (C=O) groups excluding carboxylic acids is 1. The van der Waals surface area contributed by atoms with Crippen molar-refractivity contribution in [3.8, 4) is 11.8 Å². The molecule has 0 atom stereocenters. The quantitative estimate of drug-likeness (QED) is 0.849. The molecule has 0 spiro atoms. The first-order valence-corrected chi connectivity index (χ1v) is 7.33.